The third kappa shape index (κ3) is 5.84. The molecule has 2 unspecified atom stereocenters. The Balaban J connectivity index is 1.82. The Hall–Kier alpha value is -2.62. The summed E-state index contributed by atoms with van der Waals surface area (Å²) in [6.45, 7) is 24.8. The predicted octanol–water partition coefficient (Wildman–Crippen LogP) is 8.25. The number of anilines is 2. The van der Waals surface area contributed by atoms with Crippen LogP contribution in [0.4, 0.5) is 11.4 Å². The molecule has 0 bridgehead atoms. The molecule has 0 radical (unpaired) electrons. The molecule has 0 fully saturated rings. The molecule has 4 atom stereocenters. The lowest BCUT2D eigenvalue weighted by Gasteiger charge is -2.29. The van der Waals surface area contributed by atoms with E-state index in [9.17, 15) is 0 Å². The summed E-state index contributed by atoms with van der Waals surface area (Å²) in [5.74, 6) is 3.11. The highest BCUT2D eigenvalue weighted by atomic mass is 15.4. The topological polar surface area (TPSA) is 31.2 Å². The Bertz CT molecular complexity index is 1090. The first-order chi connectivity index (χ1) is 17.8. The molecule has 0 aliphatic carbocycles. The minimum absolute atomic E-state index is 0.0924. The van der Waals surface area contributed by atoms with Crippen molar-refractivity contribution in [2.75, 3.05) is 22.9 Å². The molecule has 0 spiro atoms. The first-order valence-electron chi connectivity index (χ1n) is 14.8. The maximum atomic E-state index is 5.43. The number of benzene rings is 2. The van der Waals surface area contributed by atoms with Gasteiger partial charge < -0.3 is 9.80 Å². The molecule has 2 aromatic rings. The van der Waals surface area contributed by atoms with Crippen LogP contribution in [0.15, 0.2) is 58.5 Å². The Morgan fingerprint density at radius 2 is 1.05 bits per heavy atom. The van der Waals surface area contributed by atoms with E-state index in [1.807, 2.05) is 0 Å². The quantitative estimate of drug-likeness (QED) is 0.372. The van der Waals surface area contributed by atoms with Gasteiger partial charge in [-0.1, -0.05) is 106 Å². The molecule has 4 nitrogen and oxygen atoms in total. The fourth-order valence-corrected chi connectivity index (χ4v) is 5.33. The number of aliphatic imine (C=N–C) groups is 2. The van der Waals surface area contributed by atoms with E-state index in [1.54, 1.807) is 0 Å². The highest BCUT2D eigenvalue weighted by Gasteiger charge is 2.39. The van der Waals surface area contributed by atoms with Crippen LogP contribution in [0.2, 0.25) is 0 Å². The second-order valence-electron chi connectivity index (χ2n) is 13.6. The lowest BCUT2D eigenvalue weighted by Crippen LogP contribution is -2.42. The largest absolute Gasteiger partial charge is 0.321 e. The zero-order valence-electron chi connectivity index (χ0n) is 25.5. The standard InChI is InChI=1S/C34H50N4/c1-11-23(3)29-21-37(27-17-13-15-25(19-27)33(5,6)7)31(35-29)32-36-30(24(4)12-2)22-38(32)28-18-14-16-26(20-28)34(8,9)10/h13-20,23-24,29-30H,11-12,21-22H2,1-10H3/t23-,24+,29?,30?. The van der Waals surface area contributed by atoms with Crippen LogP contribution < -0.4 is 9.80 Å². The van der Waals surface area contributed by atoms with Crippen LogP contribution >= 0.6 is 0 Å². The molecular formula is C34H50N4. The Kier molecular flexibility index (Phi) is 8.12. The number of hydrogen-bond donors (Lipinski definition) is 0. The smallest absolute Gasteiger partial charge is 0.172 e. The van der Waals surface area contributed by atoms with Crippen LogP contribution in [0.1, 0.15) is 93.2 Å². The van der Waals surface area contributed by atoms with E-state index in [1.165, 1.54) is 22.5 Å². The maximum Gasteiger partial charge on any atom is 0.172 e. The van der Waals surface area contributed by atoms with Gasteiger partial charge in [0, 0.05) is 24.5 Å². The monoisotopic (exact) mass is 514 g/mol. The maximum absolute atomic E-state index is 5.43. The van der Waals surface area contributed by atoms with Crippen molar-refractivity contribution in [3.05, 3.63) is 59.7 Å². The third-order valence-corrected chi connectivity index (χ3v) is 8.68. The number of nitrogens with zero attached hydrogens (tertiary/aromatic N) is 4. The minimum atomic E-state index is 0.0924. The molecule has 0 saturated carbocycles. The predicted molar refractivity (Wildman–Crippen MR) is 166 cm³/mol. The molecule has 2 aliphatic heterocycles. The zero-order chi connectivity index (χ0) is 27.8. The van der Waals surface area contributed by atoms with Crippen LogP contribution in [0.3, 0.4) is 0 Å². The van der Waals surface area contributed by atoms with Crippen molar-refractivity contribution >= 4 is 23.0 Å². The van der Waals surface area contributed by atoms with Gasteiger partial charge in [0.2, 0.25) is 0 Å². The van der Waals surface area contributed by atoms with Crippen molar-refractivity contribution in [2.45, 2.75) is 105 Å². The van der Waals surface area contributed by atoms with E-state index in [4.69, 9.17) is 9.98 Å². The lowest BCUT2D eigenvalue weighted by atomic mass is 9.86. The van der Waals surface area contributed by atoms with Crippen molar-refractivity contribution in [3.63, 3.8) is 0 Å². The molecule has 38 heavy (non-hydrogen) atoms. The summed E-state index contributed by atoms with van der Waals surface area (Å²) in [5.41, 5.74) is 5.33. The zero-order valence-corrected chi connectivity index (χ0v) is 25.5. The summed E-state index contributed by atoms with van der Waals surface area (Å²) < 4.78 is 0. The molecule has 0 aromatic heterocycles. The van der Waals surface area contributed by atoms with E-state index < -0.39 is 0 Å². The van der Waals surface area contributed by atoms with E-state index in [-0.39, 0.29) is 22.9 Å². The van der Waals surface area contributed by atoms with Gasteiger partial charge in [0.1, 0.15) is 0 Å². The van der Waals surface area contributed by atoms with Gasteiger partial charge in [-0.05, 0) is 58.1 Å². The Labute approximate surface area is 232 Å². The number of rotatable bonds is 7. The second-order valence-corrected chi connectivity index (χ2v) is 13.6. The van der Waals surface area contributed by atoms with Gasteiger partial charge in [0.15, 0.2) is 11.7 Å². The molecular weight excluding hydrogens is 464 g/mol. The lowest BCUT2D eigenvalue weighted by molar-refractivity contribution is 0.464. The summed E-state index contributed by atoms with van der Waals surface area (Å²) in [5, 5.41) is 0. The molecule has 0 amide bonds. The molecule has 4 heteroatoms. The number of hydrogen-bond acceptors (Lipinski definition) is 4. The minimum Gasteiger partial charge on any atom is -0.321 e. The summed E-state index contributed by atoms with van der Waals surface area (Å²) in [7, 11) is 0. The van der Waals surface area contributed by atoms with Gasteiger partial charge in [-0.2, -0.15) is 0 Å². The van der Waals surface area contributed by atoms with Crippen molar-refractivity contribution in [1.82, 2.24) is 0 Å². The van der Waals surface area contributed by atoms with Crippen LogP contribution in [0.5, 0.6) is 0 Å². The van der Waals surface area contributed by atoms with Crippen LogP contribution in [0, 0.1) is 11.8 Å². The molecule has 2 heterocycles. The number of amidine groups is 2. The summed E-state index contributed by atoms with van der Waals surface area (Å²) in [6, 6.07) is 18.6. The first kappa shape index (κ1) is 28.4. The van der Waals surface area contributed by atoms with Gasteiger partial charge in [0.25, 0.3) is 0 Å². The van der Waals surface area contributed by atoms with Gasteiger partial charge in [0.05, 0.1) is 12.1 Å². The third-order valence-electron chi connectivity index (χ3n) is 8.68. The fourth-order valence-electron chi connectivity index (χ4n) is 5.33. The van der Waals surface area contributed by atoms with Gasteiger partial charge in [-0.15, -0.1) is 0 Å². The van der Waals surface area contributed by atoms with Crippen molar-refractivity contribution in [1.29, 1.82) is 0 Å². The van der Waals surface area contributed by atoms with E-state index >= 15 is 0 Å². The van der Waals surface area contributed by atoms with Crippen LogP contribution in [-0.2, 0) is 10.8 Å². The van der Waals surface area contributed by atoms with Gasteiger partial charge in [-0.3, -0.25) is 9.98 Å². The molecule has 0 saturated heterocycles. The van der Waals surface area contributed by atoms with E-state index in [2.05, 4.69) is 128 Å². The SMILES string of the molecule is CC[C@@H](C)C1CN(c2cccc(C(C)(C)C)c2)C(C2=NC([C@@H](C)CC)CN2c2cccc(C(C)(C)C)c2)=N1. The molecule has 0 N–H and O–H groups in total. The average molecular weight is 515 g/mol. The van der Waals surface area contributed by atoms with E-state index in [0.717, 1.165) is 37.6 Å². The average Bonchev–Trinajstić information content (AvgIpc) is 3.52. The second kappa shape index (κ2) is 10.9. The van der Waals surface area contributed by atoms with Crippen LogP contribution in [0.25, 0.3) is 0 Å². The first-order valence-corrected chi connectivity index (χ1v) is 14.8. The summed E-state index contributed by atoms with van der Waals surface area (Å²) >= 11 is 0. The van der Waals surface area contributed by atoms with Crippen LogP contribution in [-0.4, -0.2) is 36.8 Å². The molecule has 206 valence electrons. The van der Waals surface area contributed by atoms with Crippen molar-refractivity contribution < 1.29 is 0 Å². The highest BCUT2D eigenvalue weighted by molar-refractivity contribution is 6.50. The van der Waals surface area contributed by atoms with Crippen molar-refractivity contribution in [2.24, 2.45) is 21.8 Å². The van der Waals surface area contributed by atoms with Gasteiger partial charge in [-0.25, -0.2) is 0 Å². The van der Waals surface area contributed by atoms with Crippen molar-refractivity contribution in [3.8, 4) is 0 Å². The molecule has 2 aromatic carbocycles. The normalized spacial score (nSPS) is 21.9. The summed E-state index contributed by atoms with van der Waals surface area (Å²) in [6.07, 6.45) is 2.24. The van der Waals surface area contributed by atoms with Gasteiger partial charge >= 0.3 is 0 Å². The van der Waals surface area contributed by atoms with E-state index in [0.29, 0.717) is 11.8 Å². The Morgan fingerprint density at radius 1 is 0.684 bits per heavy atom. The Morgan fingerprint density at radius 3 is 1.37 bits per heavy atom. The fraction of sp³-hybridized carbons (Fsp3) is 0.588. The molecule has 4 rings (SSSR count). The highest BCUT2D eigenvalue weighted by Crippen LogP contribution is 2.34. The molecule has 2 aliphatic rings. The summed E-state index contributed by atoms with van der Waals surface area (Å²) in [4.78, 5) is 15.8.